The zero-order valence-electron chi connectivity index (χ0n) is 12.4. The van der Waals surface area contributed by atoms with Crippen molar-refractivity contribution in [3.05, 3.63) is 22.5 Å². The summed E-state index contributed by atoms with van der Waals surface area (Å²) < 4.78 is 1.34. The first-order valence-electron chi connectivity index (χ1n) is 7.99. The van der Waals surface area contributed by atoms with Crippen LogP contribution in [0.4, 0.5) is 5.69 Å². The molecule has 0 aliphatic heterocycles. The molecule has 4 saturated carbocycles. The largest absolute Gasteiger partial charge is 0.349 e. The number of nitro groups is 1. The molecular weight excluding hydrogens is 284 g/mol. The van der Waals surface area contributed by atoms with E-state index < -0.39 is 4.92 Å². The Balaban J connectivity index is 1.42. The Kier molecular flexibility index (Phi) is 2.99. The van der Waals surface area contributed by atoms with Gasteiger partial charge in [0.05, 0.1) is 4.92 Å². The minimum absolute atomic E-state index is 0.0229. The van der Waals surface area contributed by atoms with Crippen LogP contribution in [0.25, 0.3) is 0 Å². The SMILES string of the molecule is O=C(Cn1cc([N+](=O)[O-])cn1)NC12CC3CC(CC(C3)C1)C2. The molecule has 5 rings (SSSR count). The third-order valence-electron chi connectivity index (χ3n) is 5.58. The van der Waals surface area contributed by atoms with E-state index in [2.05, 4.69) is 10.4 Å². The second kappa shape index (κ2) is 4.79. The quantitative estimate of drug-likeness (QED) is 0.679. The van der Waals surface area contributed by atoms with Crippen molar-refractivity contribution in [1.29, 1.82) is 0 Å². The number of carbonyl (C=O) groups is 1. The van der Waals surface area contributed by atoms with Gasteiger partial charge < -0.3 is 5.32 Å². The summed E-state index contributed by atoms with van der Waals surface area (Å²) >= 11 is 0. The van der Waals surface area contributed by atoms with Crippen LogP contribution in [-0.4, -0.2) is 26.1 Å². The highest BCUT2D eigenvalue weighted by molar-refractivity contribution is 5.76. The van der Waals surface area contributed by atoms with Crippen molar-refractivity contribution in [1.82, 2.24) is 15.1 Å². The molecule has 4 aliphatic carbocycles. The number of nitrogens with zero attached hydrogens (tertiary/aromatic N) is 3. The number of rotatable bonds is 4. The fourth-order valence-electron chi connectivity index (χ4n) is 5.28. The van der Waals surface area contributed by atoms with Gasteiger partial charge in [0.25, 0.3) is 0 Å². The van der Waals surface area contributed by atoms with Crippen LogP contribution in [-0.2, 0) is 11.3 Å². The number of aromatic nitrogens is 2. The molecule has 1 N–H and O–H groups in total. The fourth-order valence-corrected chi connectivity index (χ4v) is 5.28. The molecule has 0 unspecified atom stereocenters. The highest BCUT2D eigenvalue weighted by Crippen LogP contribution is 2.55. The Morgan fingerprint density at radius 1 is 1.32 bits per heavy atom. The maximum atomic E-state index is 12.3. The van der Waals surface area contributed by atoms with Gasteiger partial charge in [0, 0.05) is 5.54 Å². The standard InChI is InChI=1S/C15H20N4O3/c20-14(9-18-8-13(7-16-18)19(21)22)17-15-4-10-1-11(5-15)3-12(2-10)6-15/h7-8,10-12H,1-6,9H2,(H,17,20). The number of carbonyl (C=O) groups excluding carboxylic acids is 1. The van der Waals surface area contributed by atoms with E-state index in [1.807, 2.05) is 0 Å². The average molecular weight is 304 g/mol. The van der Waals surface area contributed by atoms with Crippen molar-refractivity contribution in [2.24, 2.45) is 17.8 Å². The molecule has 1 heterocycles. The Morgan fingerprint density at radius 2 is 1.91 bits per heavy atom. The topological polar surface area (TPSA) is 90.1 Å². The smallest absolute Gasteiger partial charge is 0.307 e. The van der Waals surface area contributed by atoms with Gasteiger partial charge in [-0.25, -0.2) is 0 Å². The Bertz CT molecular complexity index is 589. The molecule has 1 aromatic rings. The van der Waals surface area contributed by atoms with Crippen LogP contribution in [0.15, 0.2) is 12.4 Å². The van der Waals surface area contributed by atoms with E-state index in [1.165, 1.54) is 36.3 Å². The van der Waals surface area contributed by atoms with Gasteiger partial charge in [-0.3, -0.25) is 19.6 Å². The fraction of sp³-hybridized carbons (Fsp3) is 0.733. The van der Waals surface area contributed by atoms with E-state index in [4.69, 9.17) is 0 Å². The predicted octanol–water partition coefficient (Wildman–Crippen LogP) is 1.88. The third kappa shape index (κ3) is 2.38. The van der Waals surface area contributed by atoms with Gasteiger partial charge in [-0.2, -0.15) is 5.10 Å². The molecule has 0 aromatic carbocycles. The molecule has 4 aliphatic rings. The van der Waals surface area contributed by atoms with Crippen LogP contribution in [0, 0.1) is 27.9 Å². The van der Waals surface area contributed by atoms with Gasteiger partial charge in [0.1, 0.15) is 18.9 Å². The van der Waals surface area contributed by atoms with Crippen LogP contribution in [0.5, 0.6) is 0 Å². The van der Waals surface area contributed by atoms with E-state index >= 15 is 0 Å². The normalized spacial score (nSPS) is 35.5. The summed E-state index contributed by atoms with van der Waals surface area (Å²) in [5, 5.41) is 17.8. The second-order valence-corrected chi connectivity index (χ2v) is 7.40. The zero-order chi connectivity index (χ0) is 15.3. The molecule has 0 radical (unpaired) electrons. The number of amides is 1. The first-order chi connectivity index (χ1) is 10.5. The monoisotopic (exact) mass is 304 g/mol. The van der Waals surface area contributed by atoms with E-state index in [9.17, 15) is 14.9 Å². The van der Waals surface area contributed by atoms with Crippen LogP contribution in [0.3, 0.4) is 0 Å². The van der Waals surface area contributed by atoms with Crippen molar-refractivity contribution in [3.63, 3.8) is 0 Å². The molecule has 0 atom stereocenters. The minimum Gasteiger partial charge on any atom is -0.349 e. The van der Waals surface area contributed by atoms with E-state index in [1.54, 1.807) is 0 Å². The van der Waals surface area contributed by atoms with Crippen LogP contribution in [0.2, 0.25) is 0 Å². The van der Waals surface area contributed by atoms with Crippen molar-refractivity contribution >= 4 is 11.6 Å². The minimum atomic E-state index is -0.500. The van der Waals surface area contributed by atoms with Crippen molar-refractivity contribution in [3.8, 4) is 0 Å². The summed E-state index contributed by atoms with van der Waals surface area (Å²) in [4.78, 5) is 22.5. The average Bonchev–Trinajstić information content (AvgIpc) is 2.84. The lowest BCUT2D eigenvalue weighted by Gasteiger charge is -2.56. The van der Waals surface area contributed by atoms with E-state index in [0.717, 1.165) is 37.0 Å². The first kappa shape index (κ1) is 13.7. The molecule has 7 nitrogen and oxygen atoms in total. The molecule has 118 valence electrons. The number of hydrogen-bond donors (Lipinski definition) is 1. The van der Waals surface area contributed by atoms with E-state index in [-0.39, 0.29) is 23.7 Å². The lowest BCUT2D eigenvalue weighted by Crippen LogP contribution is -2.60. The highest BCUT2D eigenvalue weighted by Gasteiger charge is 2.51. The van der Waals surface area contributed by atoms with Gasteiger partial charge in [-0.1, -0.05) is 0 Å². The molecule has 1 aromatic heterocycles. The molecule has 4 fully saturated rings. The summed E-state index contributed by atoms with van der Waals surface area (Å²) in [6, 6.07) is 0. The third-order valence-corrected chi connectivity index (χ3v) is 5.58. The van der Waals surface area contributed by atoms with Gasteiger partial charge in [0.2, 0.25) is 5.91 Å². The Labute approximate surface area is 128 Å². The Morgan fingerprint density at radius 3 is 2.41 bits per heavy atom. The summed E-state index contributed by atoms with van der Waals surface area (Å²) in [7, 11) is 0. The van der Waals surface area contributed by atoms with Crippen molar-refractivity contribution in [2.75, 3.05) is 0 Å². The molecule has 7 heteroatoms. The summed E-state index contributed by atoms with van der Waals surface area (Å²) in [6.45, 7) is 0.0512. The first-order valence-corrected chi connectivity index (χ1v) is 7.99. The van der Waals surface area contributed by atoms with Crippen LogP contribution >= 0.6 is 0 Å². The summed E-state index contributed by atoms with van der Waals surface area (Å²) in [6.07, 6.45) is 9.79. The van der Waals surface area contributed by atoms with Gasteiger partial charge in [-0.15, -0.1) is 0 Å². The maximum absolute atomic E-state index is 12.3. The van der Waals surface area contributed by atoms with Gasteiger partial charge >= 0.3 is 5.69 Å². The summed E-state index contributed by atoms with van der Waals surface area (Å²) in [5.74, 6) is 2.24. The second-order valence-electron chi connectivity index (χ2n) is 7.40. The molecule has 0 saturated heterocycles. The van der Waals surface area contributed by atoms with Crippen molar-refractivity contribution in [2.45, 2.75) is 50.6 Å². The molecule has 0 spiro atoms. The van der Waals surface area contributed by atoms with Crippen molar-refractivity contribution < 1.29 is 9.72 Å². The highest BCUT2D eigenvalue weighted by atomic mass is 16.6. The molecular formula is C15H20N4O3. The Hall–Kier alpha value is -1.92. The van der Waals surface area contributed by atoms with Gasteiger partial charge in [0.15, 0.2) is 0 Å². The number of hydrogen-bond acceptors (Lipinski definition) is 4. The summed E-state index contributed by atoms with van der Waals surface area (Å²) in [5.41, 5.74) is -0.104. The molecule has 22 heavy (non-hydrogen) atoms. The van der Waals surface area contributed by atoms with E-state index in [0.29, 0.717) is 0 Å². The predicted molar refractivity (Wildman–Crippen MR) is 77.9 cm³/mol. The van der Waals surface area contributed by atoms with Gasteiger partial charge in [-0.05, 0) is 56.3 Å². The number of nitrogens with one attached hydrogen (secondary N) is 1. The van der Waals surface area contributed by atoms with Crippen LogP contribution < -0.4 is 5.32 Å². The van der Waals surface area contributed by atoms with Crippen LogP contribution in [0.1, 0.15) is 38.5 Å². The molecule has 4 bridgehead atoms. The zero-order valence-corrected chi connectivity index (χ0v) is 12.4. The lowest BCUT2D eigenvalue weighted by molar-refractivity contribution is -0.385. The maximum Gasteiger partial charge on any atom is 0.307 e. The lowest BCUT2D eigenvalue weighted by atomic mass is 9.53. The molecule has 1 amide bonds.